The second-order valence-corrected chi connectivity index (χ2v) is 5.70. The van der Waals surface area contributed by atoms with E-state index in [9.17, 15) is 4.79 Å². The highest BCUT2D eigenvalue weighted by atomic mass is 35.5. The zero-order valence-electron chi connectivity index (χ0n) is 12.4. The van der Waals surface area contributed by atoms with Crippen molar-refractivity contribution in [1.29, 1.82) is 0 Å². The summed E-state index contributed by atoms with van der Waals surface area (Å²) in [5.74, 6) is 0.0847. The highest BCUT2D eigenvalue weighted by molar-refractivity contribution is 6.29. The van der Waals surface area contributed by atoms with Crippen LogP contribution in [0.15, 0.2) is 35.6 Å². The van der Waals surface area contributed by atoms with E-state index in [1.165, 1.54) is 6.20 Å². The lowest BCUT2D eigenvalue weighted by atomic mass is 10.1. The van der Waals surface area contributed by atoms with Crippen LogP contribution in [0.3, 0.4) is 0 Å². The van der Waals surface area contributed by atoms with Crippen molar-refractivity contribution >= 4 is 40.3 Å². The smallest absolute Gasteiger partial charge is 0.220 e. The number of halogens is 1. The molecule has 23 heavy (non-hydrogen) atoms. The number of nitrogens with zero attached hydrogens (tertiary/aromatic N) is 3. The first-order valence-electron chi connectivity index (χ1n) is 7.29. The maximum Gasteiger partial charge on any atom is 0.220 e. The zero-order chi connectivity index (χ0) is 16.2. The second kappa shape index (κ2) is 6.75. The van der Waals surface area contributed by atoms with Crippen molar-refractivity contribution < 1.29 is 4.79 Å². The Morgan fingerprint density at radius 2 is 2.35 bits per heavy atom. The van der Waals surface area contributed by atoms with Crippen LogP contribution in [-0.2, 0) is 4.79 Å². The van der Waals surface area contributed by atoms with Crippen LogP contribution in [0.4, 0.5) is 0 Å². The van der Waals surface area contributed by atoms with E-state index < -0.39 is 0 Å². The van der Waals surface area contributed by atoms with Gasteiger partial charge in [0.1, 0.15) is 5.15 Å². The Balaban J connectivity index is 1.76. The lowest BCUT2D eigenvalue weighted by Crippen LogP contribution is -2.27. The molecule has 0 bridgehead atoms. The molecule has 0 saturated carbocycles. The number of carbonyl (C=O) groups is 1. The molecule has 2 aromatic rings. The van der Waals surface area contributed by atoms with Crippen LogP contribution in [0, 0.1) is 0 Å². The number of fused-ring (bicyclic) bond motifs is 1. The van der Waals surface area contributed by atoms with Gasteiger partial charge in [0.15, 0.2) is 0 Å². The van der Waals surface area contributed by atoms with Crippen LogP contribution >= 0.6 is 11.6 Å². The highest BCUT2D eigenvalue weighted by Crippen LogP contribution is 2.18. The molecule has 7 heteroatoms. The Labute approximate surface area is 138 Å². The number of carbonyl (C=O) groups excluding carboxylic acids is 1. The molecule has 6 nitrogen and oxygen atoms in total. The normalized spacial score (nSPS) is 18.7. The minimum atomic E-state index is 0.0847. The van der Waals surface area contributed by atoms with Gasteiger partial charge in [-0.1, -0.05) is 11.6 Å². The number of nitrogens with two attached hydrogens (primary N) is 1. The number of nitrogens with one attached hydrogen (secondary N) is 1. The summed E-state index contributed by atoms with van der Waals surface area (Å²) in [5, 5.41) is 3.29. The van der Waals surface area contributed by atoms with Crippen molar-refractivity contribution in [2.75, 3.05) is 6.54 Å². The van der Waals surface area contributed by atoms with E-state index in [4.69, 9.17) is 17.3 Å². The molecular weight excluding hydrogens is 314 g/mol. The van der Waals surface area contributed by atoms with Gasteiger partial charge in [0.05, 0.1) is 17.6 Å². The van der Waals surface area contributed by atoms with Crippen LogP contribution < -0.4 is 11.1 Å². The summed E-state index contributed by atoms with van der Waals surface area (Å²) < 4.78 is 0. The summed E-state index contributed by atoms with van der Waals surface area (Å²) in [6.45, 7) is 0.536. The number of hydrogen-bond acceptors (Lipinski definition) is 5. The molecule has 1 aliphatic rings. The van der Waals surface area contributed by atoms with Gasteiger partial charge in [-0.2, -0.15) is 0 Å². The second-order valence-electron chi connectivity index (χ2n) is 5.32. The Bertz CT molecular complexity index is 802. The summed E-state index contributed by atoms with van der Waals surface area (Å²) in [7, 11) is 0. The van der Waals surface area contributed by atoms with Gasteiger partial charge in [0, 0.05) is 42.2 Å². The van der Waals surface area contributed by atoms with Gasteiger partial charge in [-0.15, -0.1) is 0 Å². The fourth-order valence-corrected chi connectivity index (χ4v) is 2.60. The average molecular weight is 330 g/mol. The molecular formula is C16H16ClN5O. The van der Waals surface area contributed by atoms with E-state index in [-0.39, 0.29) is 11.9 Å². The topological polar surface area (TPSA) is 93.3 Å². The van der Waals surface area contributed by atoms with Crippen LogP contribution in [0.5, 0.6) is 0 Å². The fraction of sp³-hybridized carbons (Fsp3) is 0.250. The number of aromatic nitrogens is 2. The number of pyridine rings is 2. The van der Waals surface area contributed by atoms with E-state index >= 15 is 0 Å². The zero-order valence-corrected chi connectivity index (χ0v) is 13.1. The predicted molar refractivity (Wildman–Crippen MR) is 91.2 cm³/mol. The number of amides is 1. The molecule has 0 aromatic carbocycles. The Kier molecular flexibility index (Phi) is 4.52. The van der Waals surface area contributed by atoms with Crippen LogP contribution in [0.25, 0.3) is 16.6 Å². The molecule has 3 rings (SSSR count). The number of aliphatic imine (C=N–C) groups is 1. The fourth-order valence-electron chi connectivity index (χ4n) is 2.45. The third kappa shape index (κ3) is 3.65. The summed E-state index contributed by atoms with van der Waals surface area (Å²) in [6, 6.07) is 5.49. The molecule has 1 atom stereocenters. The molecule has 1 amide bonds. The minimum Gasteiger partial charge on any atom is -0.404 e. The number of hydrogen-bond donors (Lipinski definition) is 2. The third-order valence-corrected chi connectivity index (χ3v) is 3.87. The molecule has 3 N–H and O–H groups in total. The van der Waals surface area contributed by atoms with Crippen LogP contribution in [0.2, 0.25) is 5.15 Å². The third-order valence-electron chi connectivity index (χ3n) is 3.66. The molecule has 0 aliphatic carbocycles. The summed E-state index contributed by atoms with van der Waals surface area (Å²) in [6.07, 6.45) is 6.28. The lowest BCUT2D eigenvalue weighted by molar-refractivity contribution is -0.119. The van der Waals surface area contributed by atoms with Crippen molar-refractivity contribution in [3.63, 3.8) is 0 Å². The molecule has 1 unspecified atom stereocenters. The van der Waals surface area contributed by atoms with Gasteiger partial charge in [0.25, 0.3) is 0 Å². The van der Waals surface area contributed by atoms with Gasteiger partial charge >= 0.3 is 0 Å². The quantitative estimate of drug-likeness (QED) is 0.662. The van der Waals surface area contributed by atoms with Crippen molar-refractivity contribution in [1.82, 2.24) is 15.3 Å². The van der Waals surface area contributed by atoms with Gasteiger partial charge < -0.3 is 11.1 Å². The van der Waals surface area contributed by atoms with Crippen molar-refractivity contribution in [3.8, 4) is 0 Å². The molecule has 118 valence electrons. The first-order valence-corrected chi connectivity index (χ1v) is 7.67. The summed E-state index contributed by atoms with van der Waals surface area (Å²) in [4.78, 5) is 24.1. The minimum absolute atomic E-state index is 0.0847. The van der Waals surface area contributed by atoms with Crippen LogP contribution in [0.1, 0.15) is 18.4 Å². The molecule has 1 saturated heterocycles. The van der Waals surface area contributed by atoms with E-state index in [1.807, 2.05) is 12.1 Å². The maximum absolute atomic E-state index is 11.2. The van der Waals surface area contributed by atoms with Crippen LogP contribution in [-0.4, -0.2) is 34.7 Å². The summed E-state index contributed by atoms with van der Waals surface area (Å²) >= 11 is 5.91. The number of allylic oxidation sites excluding steroid dienone is 1. The van der Waals surface area contributed by atoms with Gasteiger partial charge in [0.2, 0.25) is 5.91 Å². The average Bonchev–Trinajstić information content (AvgIpc) is 2.96. The molecule has 3 heterocycles. The highest BCUT2D eigenvalue weighted by Gasteiger charge is 2.19. The molecule has 1 fully saturated rings. The van der Waals surface area contributed by atoms with Crippen molar-refractivity contribution in [2.24, 2.45) is 10.7 Å². The molecule has 0 radical (unpaired) electrons. The van der Waals surface area contributed by atoms with E-state index in [0.717, 1.165) is 23.1 Å². The van der Waals surface area contributed by atoms with Gasteiger partial charge in [-0.3, -0.25) is 14.8 Å². The van der Waals surface area contributed by atoms with Gasteiger partial charge in [-0.05, 0) is 24.6 Å². The van der Waals surface area contributed by atoms with E-state index in [2.05, 4.69) is 20.3 Å². The maximum atomic E-state index is 11.2. The first kappa shape index (κ1) is 15.4. The molecule has 2 aromatic heterocycles. The lowest BCUT2D eigenvalue weighted by Gasteiger charge is -2.06. The molecule has 1 aliphatic heterocycles. The molecule has 0 spiro atoms. The van der Waals surface area contributed by atoms with E-state index in [1.54, 1.807) is 18.5 Å². The Morgan fingerprint density at radius 3 is 3.09 bits per heavy atom. The van der Waals surface area contributed by atoms with E-state index in [0.29, 0.717) is 23.6 Å². The Morgan fingerprint density at radius 1 is 1.48 bits per heavy atom. The monoisotopic (exact) mass is 329 g/mol. The largest absolute Gasteiger partial charge is 0.404 e. The summed E-state index contributed by atoms with van der Waals surface area (Å²) in [5.41, 5.74) is 8.72. The SMILES string of the molecule is NC=C(C=NCC1CCC(=O)N1)c1cnc2ccc(Cl)nc2c1. The van der Waals surface area contributed by atoms with Crippen molar-refractivity contribution in [2.45, 2.75) is 18.9 Å². The predicted octanol–water partition coefficient (Wildman–Crippen LogP) is 1.93. The van der Waals surface area contributed by atoms with Gasteiger partial charge in [-0.25, -0.2) is 4.98 Å². The Hall–Kier alpha value is -2.47. The number of rotatable bonds is 4. The van der Waals surface area contributed by atoms with Crippen molar-refractivity contribution in [3.05, 3.63) is 41.3 Å². The standard InChI is InChI=1S/C16H16ClN5O/c17-15-3-2-13-14(22-15)5-10(8-20-13)11(6-18)7-19-9-12-1-4-16(23)21-12/h2-3,5-8,12H,1,4,9,18H2,(H,21,23). The first-order chi connectivity index (χ1) is 11.2.